The quantitative estimate of drug-likeness (QED) is 0.653. The maximum absolute atomic E-state index is 12.9. The molecular weight excluding hydrogens is 388 g/mol. The van der Waals surface area contributed by atoms with Crippen molar-refractivity contribution in [3.8, 4) is 5.75 Å². The van der Waals surface area contributed by atoms with Crippen LogP contribution in [0.25, 0.3) is 0 Å². The third-order valence-corrected chi connectivity index (χ3v) is 7.64. The normalized spacial score (nSPS) is 18.9. The van der Waals surface area contributed by atoms with Gasteiger partial charge in [0.25, 0.3) is 0 Å². The minimum atomic E-state index is -3.54. The van der Waals surface area contributed by atoms with Crippen LogP contribution in [0.5, 0.6) is 5.75 Å². The summed E-state index contributed by atoms with van der Waals surface area (Å²) in [6.45, 7) is 3.85. The van der Waals surface area contributed by atoms with Gasteiger partial charge in [-0.2, -0.15) is 4.31 Å². The molecule has 1 aliphatic heterocycles. The van der Waals surface area contributed by atoms with Gasteiger partial charge in [-0.25, -0.2) is 8.42 Å². The predicted octanol–water partition coefficient (Wildman–Crippen LogP) is 3.49. The summed E-state index contributed by atoms with van der Waals surface area (Å²) in [6.07, 6.45) is 9.18. The molecule has 0 spiro atoms. The zero-order valence-electron chi connectivity index (χ0n) is 17.2. The lowest BCUT2D eigenvalue weighted by Gasteiger charge is -2.30. The van der Waals surface area contributed by atoms with Crippen LogP contribution in [0.3, 0.4) is 0 Å². The van der Waals surface area contributed by atoms with Gasteiger partial charge in [-0.1, -0.05) is 11.6 Å². The van der Waals surface area contributed by atoms with Crippen molar-refractivity contribution in [2.75, 3.05) is 26.2 Å². The molecule has 1 saturated heterocycles. The number of carbonyl (C=O) groups excluding carboxylic acids is 1. The summed E-state index contributed by atoms with van der Waals surface area (Å²) in [6, 6.07) is 6.52. The number of rotatable bonds is 8. The Labute approximate surface area is 174 Å². The minimum Gasteiger partial charge on any atom is -0.494 e. The Morgan fingerprint density at radius 1 is 1.17 bits per heavy atom. The van der Waals surface area contributed by atoms with E-state index in [-0.39, 0.29) is 16.7 Å². The Kier molecular flexibility index (Phi) is 7.72. The van der Waals surface area contributed by atoms with Crippen LogP contribution < -0.4 is 10.1 Å². The highest BCUT2D eigenvalue weighted by Crippen LogP contribution is 2.25. The van der Waals surface area contributed by atoms with Gasteiger partial charge in [0.05, 0.1) is 11.5 Å². The molecule has 1 aliphatic carbocycles. The monoisotopic (exact) mass is 420 g/mol. The molecule has 7 heteroatoms. The zero-order chi connectivity index (χ0) is 20.7. The number of hydrogen-bond donors (Lipinski definition) is 1. The van der Waals surface area contributed by atoms with Crippen LogP contribution in [-0.2, 0) is 14.8 Å². The summed E-state index contributed by atoms with van der Waals surface area (Å²) in [4.78, 5) is 12.7. The van der Waals surface area contributed by atoms with Crippen molar-refractivity contribution >= 4 is 15.9 Å². The molecule has 2 aliphatic rings. The summed E-state index contributed by atoms with van der Waals surface area (Å²) < 4.78 is 32.6. The number of nitrogens with one attached hydrogen (secondary N) is 1. The second-order valence-corrected chi connectivity index (χ2v) is 9.67. The predicted molar refractivity (Wildman–Crippen MR) is 113 cm³/mol. The fraction of sp³-hybridized carbons (Fsp3) is 0.591. The molecule has 1 N–H and O–H groups in total. The highest BCUT2D eigenvalue weighted by Gasteiger charge is 2.32. The Balaban J connectivity index is 1.47. The lowest BCUT2D eigenvalue weighted by molar-refractivity contribution is -0.126. The number of hydrogen-bond acceptors (Lipinski definition) is 4. The standard InChI is InChI=1S/C22H32N2O4S/c1-2-28-20-8-10-21(11-9-20)29(26,27)24-16-13-19(14-17-24)22(25)23-15-12-18-6-4-3-5-7-18/h6,8-11,19H,2-5,7,12-17H2,1H3,(H,23,25). The molecule has 0 atom stereocenters. The van der Waals surface area contributed by atoms with Crippen molar-refractivity contribution in [2.24, 2.45) is 5.92 Å². The number of sulfonamides is 1. The van der Waals surface area contributed by atoms with E-state index in [1.807, 2.05) is 6.92 Å². The van der Waals surface area contributed by atoms with Gasteiger partial charge >= 0.3 is 0 Å². The Morgan fingerprint density at radius 2 is 1.90 bits per heavy atom. The Hall–Kier alpha value is -1.86. The first-order valence-corrected chi connectivity index (χ1v) is 12.1. The lowest BCUT2D eigenvalue weighted by Crippen LogP contribution is -2.43. The van der Waals surface area contributed by atoms with Crippen LogP contribution in [0, 0.1) is 5.92 Å². The molecule has 0 unspecified atom stereocenters. The molecular formula is C22H32N2O4S. The lowest BCUT2D eigenvalue weighted by atomic mass is 9.96. The molecule has 6 nitrogen and oxygen atoms in total. The van der Waals surface area contributed by atoms with Crippen molar-refractivity contribution in [3.63, 3.8) is 0 Å². The number of carbonyl (C=O) groups is 1. The van der Waals surface area contributed by atoms with E-state index in [4.69, 9.17) is 4.74 Å². The summed E-state index contributed by atoms with van der Waals surface area (Å²) in [5.41, 5.74) is 1.45. The number of benzene rings is 1. The first-order chi connectivity index (χ1) is 14.0. The van der Waals surface area contributed by atoms with Crippen LogP contribution in [0.4, 0.5) is 0 Å². The van der Waals surface area contributed by atoms with Crippen molar-refractivity contribution < 1.29 is 17.9 Å². The molecule has 0 aromatic heterocycles. The Bertz CT molecular complexity index is 810. The van der Waals surface area contributed by atoms with E-state index < -0.39 is 10.0 Å². The van der Waals surface area contributed by atoms with Crippen LogP contribution in [0.2, 0.25) is 0 Å². The molecule has 0 bridgehead atoms. The summed E-state index contributed by atoms with van der Waals surface area (Å²) >= 11 is 0. The fourth-order valence-corrected chi connectivity index (χ4v) is 5.47. The van der Waals surface area contributed by atoms with Crippen LogP contribution in [0.15, 0.2) is 40.8 Å². The number of piperidine rings is 1. The maximum Gasteiger partial charge on any atom is 0.243 e. The van der Waals surface area contributed by atoms with Crippen molar-refractivity contribution in [3.05, 3.63) is 35.9 Å². The third kappa shape index (κ3) is 5.82. The molecule has 1 heterocycles. The molecule has 1 aromatic carbocycles. The van der Waals surface area contributed by atoms with Gasteiger partial charge in [0.1, 0.15) is 5.75 Å². The molecule has 1 fully saturated rings. The maximum atomic E-state index is 12.9. The van der Waals surface area contributed by atoms with Gasteiger partial charge < -0.3 is 10.1 Å². The van der Waals surface area contributed by atoms with E-state index in [2.05, 4.69) is 11.4 Å². The van der Waals surface area contributed by atoms with Gasteiger partial charge in [-0.3, -0.25) is 4.79 Å². The van der Waals surface area contributed by atoms with Gasteiger partial charge in [0.2, 0.25) is 15.9 Å². The van der Waals surface area contributed by atoms with E-state index in [1.54, 1.807) is 24.3 Å². The number of ether oxygens (including phenoxy) is 1. The van der Waals surface area contributed by atoms with Crippen LogP contribution in [0.1, 0.15) is 51.9 Å². The summed E-state index contributed by atoms with van der Waals surface area (Å²) in [7, 11) is -3.54. The molecule has 1 amide bonds. The van der Waals surface area contributed by atoms with Gasteiger partial charge in [0, 0.05) is 25.6 Å². The topological polar surface area (TPSA) is 75.7 Å². The number of allylic oxidation sites excluding steroid dienone is 1. The average Bonchev–Trinajstić information content (AvgIpc) is 2.75. The van der Waals surface area contributed by atoms with E-state index in [9.17, 15) is 13.2 Å². The largest absolute Gasteiger partial charge is 0.494 e. The SMILES string of the molecule is CCOc1ccc(S(=O)(=O)N2CCC(C(=O)NCCC3=CCCCC3)CC2)cc1. The second kappa shape index (κ2) is 10.3. The van der Waals surface area contributed by atoms with Crippen molar-refractivity contribution in [2.45, 2.75) is 56.8 Å². The minimum absolute atomic E-state index is 0.0551. The highest BCUT2D eigenvalue weighted by atomic mass is 32.2. The number of nitrogens with zero attached hydrogens (tertiary/aromatic N) is 1. The molecule has 1 aromatic rings. The van der Waals surface area contributed by atoms with Gasteiger partial charge in [-0.05, 0) is 76.1 Å². The molecule has 3 rings (SSSR count). The Morgan fingerprint density at radius 3 is 2.52 bits per heavy atom. The average molecular weight is 421 g/mol. The van der Waals surface area contributed by atoms with E-state index in [0.717, 1.165) is 19.3 Å². The third-order valence-electron chi connectivity index (χ3n) is 5.73. The fourth-order valence-electron chi connectivity index (χ4n) is 4.00. The first-order valence-electron chi connectivity index (χ1n) is 10.7. The van der Waals surface area contributed by atoms with Crippen LogP contribution >= 0.6 is 0 Å². The summed E-state index contributed by atoms with van der Waals surface area (Å²) in [5.74, 6) is 0.604. The van der Waals surface area contributed by atoms with Crippen LogP contribution in [-0.4, -0.2) is 44.9 Å². The molecule has 160 valence electrons. The van der Waals surface area contributed by atoms with Gasteiger partial charge in [0.15, 0.2) is 0 Å². The van der Waals surface area contributed by atoms with E-state index in [1.165, 1.54) is 22.7 Å². The van der Waals surface area contributed by atoms with Gasteiger partial charge in [-0.15, -0.1) is 0 Å². The van der Waals surface area contributed by atoms with E-state index >= 15 is 0 Å². The second-order valence-electron chi connectivity index (χ2n) is 7.73. The molecule has 29 heavy (non-hydrogen) atoms. The smallest absolute Gasteiger partial charge is 0.243 e. The molecule has 0 saturated carbocycles. The molecule has 0 radical (unpaired) electrons. The summed E-state index contributed by atoms with van der Waals surface area (Å²) in [5, 5.41) is 3.04. The van der Waals surface area contributed by atoms with Crippen molar-refractivity contribution in [1.29, 1.82) is 0 Å². The first kappa shape index (κ1) is 21.8. The van der Waals surface area contributed by atoms with Crippen molar-refractivity contribution in [1.82, 2.24) is 9.62 Å². The van der Waals surface area contributed by atoms with E-state index in [0.29, 0.717) is 44.8 Å². The zero-order valence-corrected chi connectivity index (χ0v) is 18.0. The number of amides is 1. The highest BCUT2D eigenvalue weighted by molar-refractivity contribution is 7.89.